The van der Waals surface area contributed by atoms with E-state index in [0.717, 1.165) is 12.1 Å². The van der Waals surface area contributed by atoms with Crippen molar-refractivity contribution in [1.29, 1.82) is 0 Å². The van der Waals surface area contributed by atoms with Crippen molar-refractivity contribution < 1.29 is 14.0 Å². The lowest BCUT2D eigenvalue weighted by Gasteiger charge is -2.43. The third kappa shape index (κ3) is 4.82. The third-order valence-corrected chi connectivity index (χ3v) is 6.77. The number of thioether (sulfide) groups is 1. The van der Waals surface area contributed by atoms with E-state index in [2.05, 4.69) is 10.6 Å². The van der Waals surface area contributed by atoms with Gasteiger partial charge in [-0.1, -0.05) is 18.2 Å². The average Bonchev–Trinajstić information content (AvgIpc) is 2.78. The van der Waals surface area contributed by atoms with Crippen LogP contribution in [0.5, 0.6) is 0 Å². The lowest BCUT2D eigenvalue weighted by molar-refractivity contribution is -0.118. The highest BCUT2D eigenvalue weighted by atomic mass is 32.2. The van der Waals surface area contributed by atoms with Crippen LogP contribution in [0.15, 0.2) is 47.3 Å². The van der Waals surface area contributed by atoms with Gasteiger partial charge >= 0.3 is 6.03 Å². The first-order valence-corrected chi connectivity index (χ1v) is 12.1. The summed E-state index contributed by atoms with van der Waals surface area (Å²) in [7, 11) is 0. The molecule has 32 heavy (non-hydrogen) atoms. The van der Waals surface area contributed by atoms with Crippen molar-refractivity contribution in [2.24, 2.45) is 5.92 Å². The second-order valence-corrected chi connectivity index (χ2v) is 9.34. The summed E-state index contributed by atoms with van der Waals surface area (Å²) in [6, 6.07) is 10.2. The number of halogens is 1. The Balaban J connectivity index is 1.45. The second kappa shape index (κ2) is 9.77. The van der Waals surface area contributed by atoms with Crippen molar-refractivity contribution in [2.75, 3.05) is 30.4 Å². The van der Waals surface area contributed by atoms with E-state index in [4.69, 9.17) is 0 Å². The van der Waals surface area contributed by atoms with Crippen molar-refractivity contribution in [3.63, 3.8) is 0 Å². The zero-order valence-corrected chi connectivity index (χ0v) is 18.7. The Bertz CT molecular complexity index is 1060. The van der Waals surface area contributed by atoms with Gasteiger partial charge in [0.15, 0.2) is 0 Å². The predicted molar refractivity (Wildman–Crippen MR) is 123 cm³/mol. The molecular weight excluding hydrogens is 431 g/mol. The summed E-state index contributed by atoms with van der Waals surface area (Å²) in [6.07, 6.45) is 3.31. The molecule has 4 rings (SSSR count). The normalized spacial score (nSPS) is 20.2. The molecular formula is C23H27FN4O3S. The Morgan fingerprint density at radius 3 is 2.75 bits per heavy atom. The Morgan fingerprint density at radius 1 is 1.16 bits per heavy atom. The van der Waals surface area contributed by atoms with E-state index < -0.39 is 17.8 Å². The molecule has 2 N–H and O–H groups in total. The highest BCUT2D eigenvalue weighted by Gasteiger charge is 2.37. The number of piperidine rings is 1. The number of aromatic nitrogens is 1. The number of nitrogens with one attached hydrogen (secondary N) is 2. The summed E-state index contributed by atoms with van der Waals surface area (Å²) >= 11 is 1.58. The van der Waals surface area contributed by atoms with Gasteiger partial charge in [-0.05, 0) is 49.0 Å². The average molecular weight is 459 g/mol. The molecule has 9 heteroatoms. The Kier molecular flexibility index (Phi) is 6.83. The van der Waals surface area contributed by atoms with Crippen molar-refractivity contribution in [2.45, 2.75) is 31.3 Å². The number of nitrogens with zero attached hydrogens (tertiary/aromatic N) is 2. The molecule has 1 fully saturated rings. The lowest BCUT2D eigenvalue weighted by Crippen LogP contribution is -2.55. The fourth-order valence-electron chi connectivity index (χ4n) is 4.59. The number of pyridine rings is 1. The van der Waals surface area contributed by atoms with Crippen LogP contribution in [-0.4, -0.2) is 52.5 Å². The van der Waals surface area contributed by atoms with Gasteiger partial charge in [-0.3, -0.25) is 9.59 Å². The van der Waals surface area contributed by atoms with Gasteiger partial charge in [-0.2, -0.15) is 11.8 Å². The molecule has 2 aliphatic heterocycles. The number of para-hydroxylation sites is 1. The zero-order valence-electron chi connectivity index (χ0n) is 17.9. The topological polar surface area (TPSA) is 83.4 Å². The van der Waals surface area contributed by atoms with E-state index in [1.807, 2.05) is 16.9 Å². The van der Waals surface area contributed by atoms with Crippen LogP contribution in [0.3, 0.4) is 0 Å². The molecule has 3 atom stereocenters. The first-order valence-electron chi connectivity index (χ1n) is 10.8. The standard InChI is InChI=1S/C23H27FN4O3S/c1-32-10-9-19(22(30)25-18-6-3-2-5-17(18)24)26-23(31)27-12-15-11-16(14-27)20-7-4-8-21(29)28(20)13-15/h2-8,15-16,19H,9-14H2,1H3,(H,25,30)(H,26,31). The van der Waals surface area contributed by atoms with Crippen molar-refractivity contribution in [3.8, 4) is 0 Å². The van der Waals surface area contributed by atoms with Gasteiger partial charge in [0.1, 0.15) is 11.9 Å². The third-order valence-electron chi connectivity index (χ3n) is 6.12. The molecule has 2 bridgehead atoms. The predicted octanol–water partition coefficient (Wildman–Crippen LogP) is 2.88. The molecule has 0 spiro atoms. The van der Waals surface area contributed by atoms with Crippen molar-refractivity contribution in [1.82, 2.24) is 14.8 Å². The number of carbonyl (C=O) groups is 2. The van der Waals surface area contributed by atoms with Gasteiger partial charge in [0.05, 0.1) is 5.69 Å². The maximum absolute atomic E-state index is 14.0. The van der Waals surface area contributed by atoms with Crippen LogP contribution in [-0.2, 0) is 11.3 Å². The van der Waals surface area contributed by atoms with Crippen LogP contribution in [0.2, 0.25) is 0 Å². The summed E-state index contributed by atoms with van der Waals surface area (Å²) in [4.78, 5) is 39.9. The Labute approximate surface area is 190 Å². The Hall–Kier alpha value is -2.81. The van der Waals surface area contributed by atoms with Crippen LogP contribution < -0.4 is 16.2 Å². The quantitative estimate of drug-likeness (QED) is 0.697. The molecule has 2 aromatic rings. The number of anilines is 1. The van der Waals surface area contributed by atoms with Crippen LogP contribution in [0.4, 0.5) is 14.9 Å². The maximum Gasteiger partial charge on any atom is 0.318 e. The molecule has 7 nitrogen and oxygen atoms in total. The van der Waals surface area contributed by atoms with Crippen LogP contribution in [0, 0.1) is 11.7 Å². The first-order chi connectivity index (χ1) is 15.5. The first kappa shape index (κ1) is 22.4. The van der Waals surface area contributed by atoms with Gasteiger partial charge in [-0.25, -0.2) is 9.18 Å². The molecule has 3 heterocycles. The lowest BCUT2D eigenvalue weighted by atomic mass is 9.83. The highest BCUT2D eigenvalue weighted by Crippen LogP contribution is 2.34. The van der Waals surface area contributed by atoms with Crippen molar-refractivity contribution in [3.05, 3.63) is 64.3 Å². The largest absolute Gasteiger partial charge is 0.326 e. The minimum Gasteiger partial charge on any atom is -0.326 e. The molecule has 1 saturated heterocycles. The number of urea groups is 1. The summed E-state index contributed by atoms with van der Waals surface area (Å²) in [5.41, 5.74) is 1.05. The molecule has 0 saturated carbocycles. The number of fused-ring (bicyclic) bond motifs is 4. The fourth-order valence-corrected chi connectivity index (χ4v) is 5.06. The molecule has 1 aromatic carbocycles. The number of rotatable bonds is 6. The molecule has 1 aromatic heterocycles. The van der Waals surface area contributed by atoms with Crippen LogP contribution in [0.25, 0.3) is 0 Å². The summed E-state index contributed by atoms with van der Waals surface area (Å²) in [5, 5.41) is 5.45. The van der Waals surface area contributed by atoms with E-state index in [1.165, 1.54) is 12.1 Å². The van der Waals surface area contributed by atoms with Gasteiger partial charge in [0.25, 0.3) is 5.56 Å². The summed E-state index contributed by atoms with van der Waals surface area (Å²) in [5.74, 6) is 0.0140. The molecule has 0 aliphatic carbocycles. The van der Waals surface area contributed by atoms with Gasteiger partial charge in [0.2, 0.25) is 5.91 Å². The van der Waals surface area contributed by atoms with Crippen molar-refractivity contribution >= 4 is 29.4 Å². The molecule has 170 valence electrons. The number of hydrogen-bond acceptors (Lipinski definition) is 4. The number of hydrogen-bond donors (Lipinski definition) is 2. The van der Waals surface area contributed by atoms with E-state index in [1.54, 1.807) is 40.9 Å². The van der Waals surface area contributed by atoms with E-state index >= 15 is 0 Å². The molecule has 3 unspecified atom stereocenters. The summed E-state index contributed by atoms with van der Waals surface area (Å²) < 4.78 is 15.8. The van der Waals surface area contributed by atoms with Gasteiger partial charge in [-0.15, -0.1) is 0 Å². The number of carbonyl (C=O) groups excluding carboxylic acids is 2. The minimum atomic E-state index is -0.772. The smallest absolute Gasteiger partial charge is 0.318 e. The molecule has 3 amide bonds. The van der Waals surface area contributed by atoms with E-state index in [0.29, 0.717) is 31.8 Å². The minimum absolute atomic E-state index is 0.00273. The monoisotopic (exact) mass is 458 g/mol. The molecule has 0 radical (unpaired) electrons. The highest BCUT2D eigenvalue weighted by molar-refractivity contribution is 7.98. The Morgan fingerprint density at radius 2 is 1.97 bits per heavy atom. The summed E-state index contributed by atoms with van der Waals surface area (Å²) in [6.45, 7) is 1.63. The number of amides is 3. The molecule has 2 aliphatic rings. The number of likely N-dealkylation sites (tertiary alicyclic amines) is 1. The SMILES string of the molecule is CSCCC(NC(=O)N1CC2CC(C1)c1cccc(=O)n1C2)C(=O)Nc1ccccc1F. The second-order valence-electron chi connectivity index (χ2n) is 8.36. The van der Waals surface area contributed by atoms with Gasteiger partial charge in [0, 0.05) is 37.3 Å². The van der Waals surface area contributed by atoms with Crippen LogP contribution >= 0.6 is 11.8 Å². The number of benzene rings is 1. The van der Waals surface area contributed by atoms with E-state index in [-0.39, 0.29) is 29.1 Å². The fraction of sp³-hybridized carbons (Fsp3) is 0.435. The van der Waals surface area contributed by atoms with Gasteiger partial charge < -0.3 is 20.1 Å². The zero-order chi connectivity index (χ0) is 22.7. The van der Waals surface area contributed by atoms with Crippen LogP contribution in [0.1, 0.15) is 24.5 Å². The van der Waals surface area contributed by atoms with E-state index in [9.17, 15) is 18.8 Å². The maximum atomic E-state index is 14.0.